The number of ether oxygens (including phenoxy) is 3. The van der Waals surface area contributed by atoms with Crippen molar-refractivity contribution in [1.29, 1.82) is 0 Å². The molecule has 0 aromatic heterocycles. The monoisotopic (exact) mass is 258 g/mol. The lowest BCUT2D eigenvalue weighted by molar-refractivity contribution is -0.190. The summed E-state index contributed by atoms with van der Waals surface area (Å²) < 4.78 is 16.4. The third-order valence-electron chi connectivity index (χ3n) is 3.10. The van der Waals surface area contributed by atoms with E-state index < -0.39 is 6.29 Å². The molecule has 0 saturated heterocycles. The largest absolute Gasteiger partial charge is 0.436 e. The molecule has 1 aliphatic carbocycles. The minimum Gasteiger partial charge on any atom is -0.436 e. The van der Waals surface area contributed by atoms with E-state index in [4.69, 9.17) is 14.2 Å². The van der Waals surface area contributed by atoms with Gasteiger partial charge < -0.3 is 14.2 Å². The van der Waals surface area contributed by atoms with Gasteiger partial charge in [-0.25, -0.2) is 0 Å². The molecule has 0 spiro atoms. The molecule has 18 heavy (non-hydrogen) atoms. The van der Waals surface area contributed by atoms with Crippen LogP contribution >= 0.6 is 0 Å². The average Bonchev–Trinajstić information content (AvgIpc) is 2.33. The topological polar surface area (TPSA) is 44.8 Å². The molecule has 4 heteroatoms. The van der Waals surface area contributed by atoms with Crippen molar-refractivity contribution < 1.29 is 19.0 Å². The third-order valence-corrected chi connectivity index (χ3v) is 3.10. The molecular formula is C14H26O4. The third kappa shape index (κ3) is 6.36. The number of carbonyl (C=O) groups is 1. The zero-order chi connectivity index (χ0) is 13.4. The molecule has 0 heterocycles. The summed E-state index contributed by atoms with van der Waals surface area (Å²) in [6.07, 6.45) is 6.14. The van der Waals surface area contributed by atoms with E-state index in [0.29, 0.717) is 19.3 Å². The van der Waals surface area contributed by atoms with Crippen LogP contribution in [0.5, 0.6) is 0 Å². The van der Waals surface area contributed by atoms with E-state index in [-0.39, 0.29) is 11.9 Å². The summed E-state index contributed by atoms with van der Waals surface area (Å²) in [4.78, 5) is 10.9. The molecular weight excluding hydrogens is 232 g/mol. The van der Waals surface area contributed by atoms with Gasteiger partial charge in [-0.2, -0.15) is 0 Å². The first-order valence-corrected chi connectivity index (χ1v) is 7.00. The van der Waals surface area contributed by atoms with E-state index in [1.807, 2.05) is 13.8 Å². The van der Waals surface area contributed by atoms with Gasteiger partial charge in [0, 0.05) is 12.8 Å². The predicted octanol–water partition coefficient (Wildman–Crippen LogP) is 2.90. The van der Waals surface area contributed by atoms with Crippen LogP contribution in [0, 0.1) is 5.92 Å². The fourth-order valence-electron chi connectivity index (χ4n) is 2.14. The summed E-state index contributed by atoms with van der Waals surface area (Å²) >= 11 is 0. The summed E-state index contributed by atoms with van der Waals surface area (Å²) in [5.41, 5.74) is 0. The van der Waals surface area contributed by atoms with Crippen molar-refractivity contribution in [2.24, 2.45) is 5.92 Å². The molecule has 0 aliphatic heterocycles. The maximum absolute atomic E-state index is 10.9. The molecule has 0 aromatic rings. The summed E-state index contributed by atoms with van der Waals surface area (Å²) in [5, 5.41) is 0. The second kappa shape index (κ2) is 8.48. The Morgan fingerprint density at radius 2 is 1.83 bits per heavy atom. The lowest BCUT2D eigenvalue weighted by Crippen LogP contribution is -2.28. The van der Waals surface area contributed by atoms with E-state index in [9.17, 15) is 4.79 Å². The van der Waals surface area contributed by atoms with Gasteiger partial charge in [-0.05, 0) is 12.8 Å². The lowest BCUT2D eigenvalue weighted by atomic mass is 9.98. The Morgan fingerprint density at radius 3 is 2.39 bits per heavy atom. The highest BCUT2D eigenvalue weighted by Crippen LogP contribution is 2.20. The van der Waals surface area contributed by atoms with E-state index in [0.717, 1.165) is 12.8 Å². The number of carbonyl (C=O) groups excluding carboxylic acids is 1. The highest BCUT2D eigenvalue weighted by Gasteiger charge is 2.17. The Bertz CT molecular complexity index is 234. The minimum atomic E-state index is -0.461. The second-order valence-corrected chi connectivity index (χ2v) is 5.22. The van der Waals surface area contributed by atoms with Crippen LogP contribution < -0.4 is 0 Å². The van der Waals surface area contributed by atoms with E-state index in [1.165, 1.54) is 26.2 Å². The number of hydrogen-bond donors (Lipinski definition) is 0. The first kappa shape index (κ1) is 15.4. The van der Waals surface area contributed by atoms with Gasteiger partial charge in [-0.1, -0.05) is 33.1 Å². The number of hydrogen-bond acceptors (Lipinski definition) is 4. The lowest BCUT2D eigenvalue weighted by Gasteiger charge is -2.24. The van der Waals surface area contributed by atoms with Gasteiger partial charge in [0.05, 0.1) is 19.3 Å². The van der Waals surface area contributed by atoms with Gasteiger partial charge in [0.15, 0.2) is 0 Å². The maximum Gasteiger partial charge on any atom is 0.304 e. The SMILES string of the molecule is CC(=O)OC(OCCOC1CCCCC1)C(C)C. The Labute approximate surface area is 110 Å². The van der Waals surface area contributed by atoms with Crippen LogP contribution in [0.3, 0.4) is 0 Å². The highest BCUT2D eigenvalue weighted by atomic mass is 16.7. The van der Waals surface area contributed by atoms with Crippen LogP contribution in [0.2, 0.25) is 0 Å². The van der Waals surface area contributed by atoms with E-state index >= 15 is 0 Å². The molecule has 1 rings (SSSR count). The van der Waals surface area contributed by atoms with Gasteiger partial charge in [-0.15, -0.1) is 0 Å². The molecule has 0 amide bonds. The van der Waals surface area contributed by atoms with E-state index in [2.05, 4.69) is 0 Å². The van der Waals surface area contributed by atoms with Crippen molar-refractivity contribution in [3.63, 3.8) is 0 Å². The molecule has 0 radical (unpaired) electrons. The second-order valence-electron chi connectivity index (χ2n) is 5.22. The first-order chi connectivity index (χ1) is 8.59. The van der Waals surface area contributed by atoms with Gasteiger partial charge in [0.2, 0.25) is 6.29 Å². The Hall–Kier alpha value is -0.610. The summed E-state index contributed by atoms with van der Waals surface area (Å²) in [5.74, 6) is -0.148. The van der Waals surface area contributed by atoms with Crippen LogP contribution in [0.4, 0.5) is 0 Å². The number of rotatable bonds is 7. The summed E-state index contributed by atoms with van der Waals surface area (Å²) in [6, 6.07) is 0. The van der Waals surface area contributed by atoms with Crippen LogP contribution in [0.1, 0.15) is 52.9 Å². The molecule has 4 nitrogen and oxygen atoms in total. The Balaban J connectivity index is 2.12. The van der Waals surface area contributed by atoms with Crippen LogP contribution in [0.25, 0.3) is 0 Å². The maximum atomic E-state index is 10.9. The zero-order valence-corrected chi connectivity index (χ0v) is 11.8. The zero-order valence-electron chi connectivity index (χ0n) is 11.8. The molecule has 1 saturated carbocycles. The van der Waals surface area contributed by atoms with Gasteiger partial charge in [0.25, 0.3) is 0 Å². The van der Waals surface area contributed by atoms with Crippen LogP contribution in [-0.2, 0) is 19.0 Å². The first-order valence-electron chi connectivity index (χ1n) is 7.00. The van der Waals surface area contributed by atoms with Gasteiger partial charge in [-0.3, -0.25) is 4.79 Å². The molecule has 1 aliphatic rings. The normalized spacial score (nSPS) is 18.9. The van der Waals surface area contributed by atoms with Gasteiger partial charge >= 0.3 is 5.97 Å². The van der Waals surface area contributed by atoms with Gasteiger partial charge in [0.1, 0.15) is 0 Å². The minimum absolute atomic E-state index is 0.156. The standard InChI is InChI=1S/C14H26O4/c1-11(2)14(18-12(3)15)17-10-9-16-13-7-5-4-6-8-13/h11,13-14H,4-10H2,1-3H3. The fourth-order valence-corrected chi connectivity index (χ4v) is 2.14. The van der Waals surface area contributed by atoms with Crippen molar-refractivity contribution in [1.82, 2.24) is 0 Å². The van der Waals surface area contributed by atoms with Crippen molar-refractivity contribution in [3.8, 4) is 0 Å². The van der Waals surface area contributed by atoms with Crippen molar-refractivity contribution in [3.05, 3.63) is 0 Å². The summed E-state index contributed by atoms with van der Waals surface area (Å²) in [6.45, 7) is 6.39. The van der Waals surface area contributed by atoms with Crippen molar-refractivity contribution in [2.45, 2.75) is 65.3 Å². The average molecular weight is 258 g/mol. The summed E-state index contributed by atoms with van der Waals surface area (Å²) in [7, 11) is 0. The molecule has 1 unspecified atom stereocenters. The molecule has 1 atom stereocenters. The molecule has 0 aromatic carbocycles. The van der Waals surface area contributed by atoms with Crippen LogP contribution in [0.15, 0.2) is 0 Å². The molecule has 0 bridgehead atoms. The van der Waals surface area contributed by atoms with Crippen LogP contribution in [-0.4, -0.2) is 31.6 Å². The van der Waals surface area contributed by atoms with Crippen molar-refractivity contribution >= 4 is 5.97 Å². The smallest absolute Gasteiger partial charge is 0.304 e. The molecule has 106 valence electrons. The fraction of sp³-hybridized carbons (Fsp3) is 0.929. The Morgan fingerprint density at radius 1 is 1.17 bits per heavy atom. The van der Waals surface area contributed by atoms with Crippen molar-refractivity contribution in [2.75, 3.05) is 13.2 Å². The predicted molar refractivity (Wildman–Crippen MR) is 69.2 cm³/mol. The van der Waals surface area contributed by atoms with E-state index in [1.54, 1.807) is 0 Å². The number of esters is 1. The quantitative estimate of drug-likeness (QED) is 0.400. The Kier molecular flexibility index (Phi) is 7.28. The highest BCUT2D eigenvalue weighted by molar-refractivity contribution is 5.66. The molecule has 0 N–H and O–H groups in total. The molecule has 1 fully saturated rings.